The Labute approximate surface area is 120 Å². The Morgan fingerprint density at radius 1 is 1.52 bits per heavy atom. The Balaban J connectivity index is 1.80. The van der Waals surface area contributed by atoms with Crippen molar-refractivity contribution in [2.75, 3.05) is 26.3 Å². The highest BCUT2D eigenvalue weighted by Gasteiger charge is 2.23. The Bertz CT molecular complexity index is 505. The minimum atomic E-state index is -1.01. The summed E-state index contributed by atoms with van der Waals surface area (Å²) in [4.78, 5) is 24.0. The van der Waals surface area contributed by atoms with Gasteiger partial charge in [-0.05, 0) is 0 Å². The summed E-state index contributed by atoms with van der Waals surface area (Å²) in [5.74, 6) is -1.01. The van der Waals surface area contributed by atoms with Gasteiger partial charge in [0.05, 0.1) is 38.6 Å². The quantitative estimate of drug-likeness (QED) is 0.588. The van der Waals surface area contributed by atoms with Gasteiger partial charge in [-0.15, -0.1) is 5.10 Å². The van der Waals surface area contributed by atoms with Gasteiger partial charge in [0.2, 0.25) is 0 Å². The van der Waals surface area contributed by atoms with Gasteiger partial charge in [-0.1, -0.05) is 5.21 Å². The highest BCUT2D eigenvalue weighted by Crippen LogP contribution is 2.05. The van der Waals surface area contributed by atoms with Crippen LogP contribution in [-0.2, 0) is 22.6 Å². The van der Waals surface area contributed by atoms with E-state index in [1.54, 1.807) is 4.90 Å². The Hall–Kier alpha value is -2.20. The molecule has 21 heavy (non-hydrogen) atoms. The third-order valence-corrected chi connectivity index (χ3v) is 2.93. The molecule has 10 nitrogen and oxygen atoms in total. The molecule has 0 saturated carbocycles. The molecule has 1 aromatic rings. The van der Waals surface area contributed by atoms with E-state index in [2.05, 4.69) is 15.6 Å². The van der Waals surface area contributed by atoms with Gasteiger partial charge in [-0.25, -0.2) is 9.48 Å². The fourth-order valence-corrected chi connectivity index (χ4v) is 1.93. The smallest absolute Gasteiger partial charge is 0.325 e. The number of carbonyl (C=O) groups excluding carboxylic acids is 1. The summed E-state index contributed by atoms with van der Waals surface area (Å²) >= 11 is 0. The first kappa shape index (κ1) is 15.2. The van der Waals surface area contributed by atoms with Crippen LogP contribution in [0.3, 0.4) is 0 Å². The van der Waals surface area contributed by atoms with Gasteiger partial charge in [0.15, 0.2) is 0 Å². The molecule has 1 aliphatic heterocycles. The van der Waals surface area contributed by atoms with Gasteiger partial charge >= 0.3 is 12.0 Å². The Morgan fingerprint density at radius 2 is 2.33 bits per heavy atom. The average molecular weight is 299 g/mol. The van der Waals surface area contributed by atoms with Gasteiger partial charge in [0.25, 0.3) is 0 Å². The van der Waals surface area contributed by atoms with E-state index in [0.717, 1.165) is 0 Å². The maximum Gasteiger partial charge on any atom is 0.325 e. The van der Waals surface area contributed by atoms with E-state index in [1.165, 1.54) is 10.9 Å². The number of rotatable bonds is 5. The molecule has 2 rings (SSSR count). The number of morpholine rings is 1. The molecule has 1 saturated heterocycles. The van der Waals surface area contributed by atoms with Crippen LogP contribution < -0.4 is 5.32 Å². The predicted molar refractivity (Wildman–Crippen MR) is 68.3 cm³/mol. The first-order valence-corrected chi connectivity index (χ1v) is 6.44. The second-order valence-electron chi connectivity index (χ2n) is 4.58. The third-order valence-electron chi connectivity index (χ3n) is 2.93. The summed E-state index contributed by atoms with van der Waals surface area (Å²) in [6.45, 7) is 0.908. The summed E-state index contributed by atoms with van der Waals surface area (Å²) < 4.78 is 6.44. The molecule has 116 valence electrons. The number of hydrogen-bond donors (Lipinski definition) is 3. The monoisotopic (exact) mass is 299 g/mol. The first-order chi connectivity index (χ1) is 10.1. The largest absolute Gasteiger partial charge is 0.480 e. The minimum absolute atomic E-state index is 0.132. The van der Waals surface area contributed by atoms with E-state index >= 15 is 0 Å². The molecule has 1 fully saturated rings. The number of urea groups is 1. The van der Waals surface area contributed by atoms with Crippen LogP contribution in [0.5, 0.6) is 0 Å². The molecule has 10 heteroatoms. The van der Waals surface area contributed by atoms with Gasteiger partial charge in [0, 0.05) is 6.54 Å². The van der Waals surface area contributed by atoms with E-state index in [0.29, 0.717) is 25.4 Å². The number of ether oxygens (including phenoxy) is 1. The van der Waals surface area contributed by atoms with Crippen molar-refractivity contribution >= 4 is 12.0 Å². The summed E-state index contributed by atoms with van der Waals surface area (Å²) in [5.41, 5.74) is 0.469. The topological polar surface area (TPSA) is 130 Å². The van der Waals surface area contributed by atoms with Crippen molar-refractivity contribution in [3.63, 3.8) is 0 Å². The van der Waals surface area contributed by atoms with Crippen LogP contribution in [0.1, 0.15) is 5.69 Å². The van der Waals surface area contributed by atoms with Crippen molar-refractivity contribution in [2.45, 2.75) is 19.2 Å². The van der Waals surface area contributed by atoms with E-state index in [-0.39, 0.29) is 31.8 Å². The lowest BCUT2D eigenvalue weighted by molar-refractivity contribution is -0.137. The molecule has 2 amide bonds. The van der Waals surface area contributed by atoms with Crippen LogP contribution in [0.15, 0.2) is 6.20 Å². The fourth-order valence-electron chi connectivity index (χ4n) is 1.93. The number of carboxylic acid groups (broad SMARTS) is 1. The molecule has 3 N–H and O–H groups in total. The van der Waals surface area contributed by atoms with Gasteiger partial charge in [0.1, 0.15) is 12.2 Å². The van der Waals surface area contributed by atoms with Crippen molar-refractivity contribution in [3.05, 3.63) is 11.9 Å². The maximum absolute atomic E-state index is 11.9. The van der Waals surface area contributed by atoms with E-state index in [9.17, 15) is 9.59 Å². The molecule has 1 aromatic heterocycles. The summed E-state index contributed by atoms with van der Waals surface area (Å²) in [6.07, 6.45) is 1.10. The Morgan fingerprint density at radius 3 is 3.05 bits per heavy atom. The molecular weight excluding hydrogens is 282 g/mol. The highest BCUT2D eigenvalue weighted by atomic mass is 16.5. The lowest BCUT2D eigenvalue weighted by atomic mass is 10.3. The van der Waals surface area contributed by atoms with E-state index in [4.69, 9.17) is 14.9 Å². The number of nitrogens with zero attached hydrogens (tertiary/aromatic N) is 4. The van der Waals surface area contributed by atoms with Crippen molar-refractivity contribution < 1.29 is 24.5 Å². The van der Waals surface area contributed by atoms with Crippen LogP contribution in [0, 0.1) is 0 Å². The lowest BCUT2D eigenvalue weighted by Gasteiger charge is -2.31. The molecule has 0 aromatic carbocycles. The number of carboxylic acids is 1. The number of hydrogen-bond acceptors (Lipinski definition) is 6. The van der Waals surface area contributed by atoms with Crippen LogP contribution in [0.4, 0.5) is 4.79 Å². The lowest BCUT2D eigenvalue weighted by Crippen LogP contribution is -2.50. The number of nitrogens with one attached hydrogen (secondary N) is 1. The summed E-state index contributed by atoms with van der Waals surface area (Å²) in [6, 6.07) is -0.287. The molecule has 0 bridgehead atoms. The minimum Gasteiger partial charge on any atom is -0.480 e. The van der Waals surface area contributed by atoms with Crippen LogP contribution in [0.25, 0.3) is 0 Å². The summed E-state index contributed by atoms with van der Waals surface area (Å²) in [5, 5.41) is 27.7. The maximum atomic E-state index is 11.9. The zero-order valence-corrected chi connectivity index (χ0v) is 11.3. The van der Waals surface area contributed by atoms with Gasteiger partial charge < -0.3 is 25.2 Å². The summed E-state index contributed by atoms with van der Waals surface area (Å²) in [7, 11) is 0. The van der Waals surface area contributed by atoms with E-state index in [1.807, 2.05) is 0 Å². The SMILES string of the molecule is O=C(O)Cn1cc(CNC(=O)N2CCOC(CO)C2)nn1. The molecule has 0 radical (unpaired) electrons. The molecular formula is C11H17N5O5. The number of aliphatic hydroxyl groups is 1. The van der Waals surface area contributed by atoms with Gasteiger partial charge in [-0.3, -0.25) is 4.79 Å². The van der Waals surface area contributed by atoms with Crippen molar-refractivity contribution in [1.29, 1.82) is 0 Å². The molecule has 2 heterocycles. The molecule has 1 unspecified atom stereocenters. The van der Waals surface area contributed by atoms with Gasteiger partial charge in [-0.2, -0.15) is 0 Å². The number of amides is 2. The van der Waals surface area contributed by atoms with Crippen LogP contribution >= 0.6 is 0 Å². The second-order valence-corrected chi connectivity index (χ2v) is 4.58. The van der Waals surface area contributed by atoms with E-state index < -0.39 is 5.97 Å². The third kappa shape index (κ3) is 4.39. The molecule has 1 atom stereocenters. The number of aliphatic hydroxyl groups excluding tert-OH is 1. The number of carbonyl (C=O) groups is 2. The van der Waals surface area contributed by atoms with Crippen molar-refractivity contribution in [1.82, 2.24) is 25.2 Å². The number of aliphatic carboxylic acids is 1. The molecule has 1 aliphatic rings. The Kier molecular flexibility index (Phi) is 5.06. The normalized spacial score (nSPS) is 18.5. The van der Waals surface area contributed by atoms with Crippen LogP contribution in [0.2, 0.25) is 0 Å². The fraction of sp³-hybridized carbons (Fsp3) is 0.636. The standard InChI is InChI=1S/C11H17N5O5/c17-7-9-5-15(1-2-21-9)11(20)12-3-8-4-16(14-13-8)6-10(18)19/h4,9,17H,1-3,5-7H2,(H,12,20)(H,18,19). The van der Waals surface area contributed by atoms with Crippen molar-refractivity contribution in [3.8, 4) is 0 Å². The van der Waals surface area contributed by atoms with Crippen molar-refractivity contribution in [2.24, 2.45) is 0 Å². The first-order valence-electron chi connectivity index (χ1n) is 6.44. The number of aromatic nitrogens is 3. The highest BCUT2D eigenvalue weighted by molar-refractivity contribution is 5.74. The second kappa shape index (κ2) is 6.99. The van der Waals surface area contributed by atoms with Crippen LogP contribution in [-0.4, -0.2) is 74.5 Å². The molecule has 0 spiro atoms. The zero-order valence-electron chi connectivity index (χ0n) is 11.3. The molecule has 0 aliphatic carbocycles. The average Bonchev–Trinajstić information content (AvgIpc) is 2.91. The zero-order chi connectivity index (χ0) is 15.2. The predicted octanol–water partition coefficient (Wildman–Crippen LogP) is -1.73.